The van der Waals surface area contributed by atoms with Crippen molar-refractivity contribution in [3.63, 3.8) is 0 Å². The number of aromatic nitrogens is 2. The van der Waals surface area contributed by atoms with Crippen LogP contribution in [0.4, 0.5) is 5.13 Å². The molecule has 2 N–H and O–H groups in total. The number of carbonyl (C=O) groups excluding carboxylic acids is 1. The van der Waals surface area contributed by atoms with Gasteiger partial charge in [0.2, 0.25) is 0 Å². The average molecular weight is 301 g/mol. The lowest BCUT2D eigenvalue weighted by Crippen LogP contribution is -2.13. The van der Waals surface area contributed by atoms with Crippen LogP contribution in [0.15, 0.2) is 18.3 Å². The molecule has 0 atom stereocenters. The molecule has 2 heterocycles. The molecule has 5 nitrogen and oxygen atoms in total. The molecule has 2 aromatic rings. The molecule has 108 valence electrons. The van der Waals surface area contributed by atoms with Crippen LogP contribution in [0.1, 0.15) is 33.0 Å². The third-order valence-corrected chi connectivity index (χ3v) is 3.70. The summed E-state index contributed by atoms with van der Waals surface area (Å²) in [6.45, 7) is 3.90. The van der Waals surface area contributed by atoms with Crippen molar-refractivity contribution >= 4 is 22.4 Å². The van der Waals surface area contributed by atoms with Gasteiger partial charge in [-0.1, -0.05) is 11.8 Å². The number of nitrogens with one attached hydrogen (secondary N) is 1. The maximum absolute atomic E-state index is 12.0. The summed E-state index contributed by atoms with van der Waals surface area (Å²) >= 11 is 1.44. The Hall–Kier alpha value is -2.23. The van der Waals surface area contributed by atoms with Crippen molar-refractivity contribution < 1.29 is 9.90 Å². The summed E-state index contributed by atoms with van der Waals surface area (Å²) < 4.78 is 0. The molecular weight excluding hydrogens is 286 g/mol. The van der Waals surface area contributed by atoms with Crippen molar-refractivity contribution in [3.05, 3.63) is 40.2 Å². The molecule has 0 aliphatic rings. The van der Waals surface area contributed by atoms with Crippen molar-refractivity contribution in [3.8, 4) is 11.8 Å². The minimum absolute atomic E-state index is 0.0353. The summed E-state index contributed by atoms with van der Waals surface area (Å²) in [7, 11) is 0. The minimum atomic E-state index is -0.293. The Morgan fingerprint density at radius 3 is 2.81 bits per heavy atom. The van der Waals surface area contributed by atoms with E-state index in [-0.39, 0.29) is 12.5 Å². The van der Waals surface area contributed by atoms with Gasteiger partial charge in [-0.15, -0.1) is 11.3 Å². The monoisotopic (exact) mass is 301 g/mol. The van der Waals surface area contributed by atoms with Gasteiger partial charge in [0.05, 0.1) is 12.3 Å². The smallest absolute Gasteiger partial charge is 0.276 e. The second-order valence-corrected chi connectivity index (χ2v) is 5.53. The lowest BCUT2D eigenvalue weighted by atomic mass is 10.2. The normalized spacial score (nSPS) is 9.86. The number of hydrogen-bond donors (Lipinski definition) is 2. The van der Waals surface area contributed by atoms with Gasteiger partial charge in [0, 0.05) is 23.1 Å². The van der Waals surface area contributed by atoms with Crippen LogP contribution in [0.3, 0.4) is 0 Å². The highest BCUT2D eigenvalue weighted by Crippen LogP contribution is 2.21. The van der Waals surface area contributed by atoms with Crippen molar-refractivity contribution in [2.75, 3.05) is 11.9 Å². The highest BCUT2D eigenvalue weighted by Gasteiger charge is 2.10. The lowest BCUT2D eigenvalue weighted by Gasteiger charge is -2.00. The van der Waals surface area contributed by atoms with E-state index in [0.717, 1.165) is 10.6 Å². The Kier molecular flexibility index (Phi) is 5.04. The van der Waals surface area contributed by atoms with E-state index in [1.54, 1.807) is 12.1 Å². The molecule has 2 aromatic heterocycles. The Labute approximate surface area is 127 Å². The zero-order valence-corrected chi connectivity index (χ0v) is 12.6. The number of hydrogen-bond acceptors (Lipinski definition) is 5. The summed E-state index contributed by atoms with van der Waals surface area (Å²) in [6.07, 6.45) is 1.96. The van der Waals surface area contributed by atoms with Gasteiger partial charge in [-0.05, 0) is 26.0 Å². The minimum Gasteiger partial charge on any atom is -0.395 e. The molecular formula is C15H15N3O2S. The quantitative estimate of drug-likeness (QED) is 0.852. The molecule has 0 aliphatic heterocycles. The fourth-order valence-corrected chi connectivity index (χ4v) is 2.32. The molecule has 0 fully saturated rings. The Bertz CT molecular complexity index is 676. The number of aliphatic hydroxyl groups excluding tert-OH is 1. The summed E-state index contributed by atoms with van der Waals surface area (Å²) in [4.78, 5) is 21.4. The molecule has 0 saturated heterocycles. The molecule has 0 unspecified atom stereocenters. The van der Waals surface area contributed by atoms with Gasteiger partial charge in [0.1, 0.15) is 5.69 Å². The van der Waals surface area contributed by atoms with Crippen LogP contribution in [-0.2, 0) is 0 Å². The number of aliphatic hydroxyl groups is 1. The second kappa shape index (κ2) is 6.97. The molecule has 21 heavy (non-hydrogen) atoms. The van der Waals surface area contributed by atoms with E-state index in [9.17, 15) is 4.79 Å². The fraction of sp³-hybridized carbons (Fsp3) is 0.267. The standard InChI is InChI=1S/C15H15N3O2S/c1-10-11(2)21-15(17-10)18-14(20)13-7-6-12(9-16-13)5-3-4-8-19/h6-7,9,19H,4,8H2,1-2H3,(H,17,18,20). The van der Waals surface area contributed by atoms with Crippen LogP contribution < -0.4 is 5.32 Å². The van der Waals surface area contributed by atoms with Crippen LogP contribution in [0.25, 0.3) is 0 Å². The number of thiazole rings is 1. The van der Waals surface area contributed by atoms with Crippen molar-refractivity contribution in [2.24, 2.45) is 0 Å². The molecule has 0 saturated carbocycles. The van der Waals surface area contributed by atoms with Gasteiger partial charge in [0.15, 0.2) is 5.13 Å². The Balaban J connectivity index is 2.05. The average Bonchev–Trinajstić information content (AvgIpc) is 2.78. The van der Waals surface area contributed by atoms with Crippen LogP contribution in [0.5, 0.6) is 0 Å². The largest absolute Gasteiger partial charge is 0.395 e. The first-order valence-electron chi connectivity index (χ1n) is 6.41. The molecule has 1 amide bonds. The van der Waals surface area contributed by atoms with Crippen molar-refractivity contribution in [1.82, 2.24) is 9.97 Å². The third kappa shape index (κ3) is 4.12. The number of pyridine rings is 1. The van der Waals surface area contributed by atoms with E-state index >= 15 is 0 Å². The molecule has 6 heteroatoms. The first-order valence-corrected chi connectivity index (χ1v) is 7.23. The van der Waals surface area contributed by atoms with E-state index < -0.39 is 0 Å². The molecule has 0 radical (unpaired) electrons. The summed E-state index contributed by atoms with van der Waals surface area (Å²) in [5.41, 5.74) is 1.94. The van der Waals surface area contributed by atoms with E-state index in [1.165, 1.54) is 17.5 Å². The second-order valence-electron chi connectivity index (χ2n) is 4.32. The first kappa shape index (κ1) is 15.2. The number of aryl methyl sites for hydroxylation is 2. The highest BCUT2D eigenvalue weighted by molar-refractivity contribution is 7.15. The van der Waals surface area contributed by atoms with Crippen LogP contribution in [0, 0.1) is 25.7 Å². The topological polar surface area (TPSA) is 75.1 Å². The summed E-state index contributed by atoms with van der Waals surface area (Å²) in [6, 6.07) is 3.34. The van der Waals surface area contributed by atoms with Gasteiger partial charge in [-0.25, -0.2) is 9.97 Å². The first-order chi connectivity index (χ1) is 10.1. The predicted molar refractivity (Wildman–Crippen MR) is 82.4 cm³/mol. The molecule has 0 bridgehead atoms. The predicted octanol–water partition coefficient (Wildman–Crippen LogP) is 2.14. The fourth-order valence-electron chi connectivity index (χ4n) is 1.51. The number of rotatable bonds is 3. The van der Waals surface area contributed by atoms with Crippen LogP contribution in [0.2, 0.25) is 0 Å². The number of amides is 1. The van der Waals surface area contributed by atoms with E-state index in [1.807, 2.05) is 13.8 Å². The molecule has 0 aromatic carbocycles. The number of nitrogens with zero attached hydrogens (tertiary/aromatic N) is 2. The van der Waals surface area contributed by atoms with Gasteiger partial charge in [0.25, 0.3) is 5.91 Å². The van der Waals surface area contributed by atoms with Crippen molar-refractivity contribution in [1.29, 1.82) is 0 Å². The van der Waals surface area contributed by atoms with Gasteiger partial charge in [-0.2, -0.15) is 0 Å². The Morgan fingerprint density at radius 2 is 2.24 bits per heavy atom. The van der Waals surface area contributed by atoms with E-state index in [2.05, 4.69) is 27.1 Å². The maximum Gasteiger partial charge on any atom is 0.276 e. The van der Waals surface area contributed by atoms with Gasteiger partial charge >= 0.3 is 0 Å². The Morgan fingerprint density at radius 1 is 1.43 bits per heavy atom. The highest BCUT2D eigenvalue weighted by atomic mass is 32.1. The molecule has 2 rings (SSSR count). The number of anilines is 1. The van der Waals surface area contributed by atoms with Crippen LogP contribution >= 0.6 is 11.3 Å². The summed E-state index contributed by atoms with van der Waals surface area (Å²) in [5, 5.41) is 11.9. The van der Waals surface area contributed by atoms with Gasteiger partial charge < -0.3 is 5.11 Å². The van der Waals surface area contributed by atoms with E-state index in [4.69, 9.17) is 5.11 Å². The van der Waals surface area contributed by atoms with Crippen LogP contribution in [-0.4, -0.2) is 27.6 Å². The molecule has 0 spiro atoms. The molecule has 0 aliphatic carbocycles. The SMILES string of the molecule is Cc1nc(NC(=O)c2ccc(C#CCCO)cn2)sc1C. The number of carbonyl (C=O) groups is 1. The maximum atomic E-state index is 12.0. The lowest BCUT2D eigenvalue weighted by molar-refractivity contribution is 0.102. The van der Waals surface area contributed by atoms with Crippen molar-refractivity contribution in [2.45, 2.75) is 20.3 Å². The third-order valence-electron chi connectivity index (χ3n) is 2.71. The summed E-state index contributed by atoms with van der Waals surface area (Å²) in [5.74, 6) is 5.36. The zero-order valence-electron chi connectivity index (χ0n) is 11.8. The van der Waals surface area contributed by atoms with Gasteiger partial charge in [-0.3, -0.25) is 10.1 Å². The zero-order chi connectivity index (χ0) is 15.2. The van der Waals surface area contributed by atoms with E-state index in [0.29, 0.717) is 22.8 Å².